The molecule has 16 heavy (non-hydrogen) atoms. The van der Waals surface area contributed by atoms with Crippen LogP contribution in [0.3, 0.4) is 0 Å². The fourth-order valence-electron chi connectivity index (χ4n) is 1.59. The molecule has 0 radical (unpaired) electrons. The molecule has 1 atom stereocenters. The lowest BCUT2D eigenvalue weighted by Crippen LogP contribution is -2.14. The zero-order valence-electron chi connectivity index (χ0n) is 8.60. The number of aromatic nitrogens is 1. The lowest BCUT2D eigenvalue weighted by Gasteiger charge is -2.15. The van der Waals surface area contributed by atoms with Crippen LogP contribution in [0.15, 0.2) is 42.6 Å². The van der Waals surface area contributed by atoms with Gasteiger partial charge in [-0.3, -0.25) is 0 Å². The molecule has 2 aromatic rings. The molecule has 0 amide bonds. The highest BCUT2D eigenvalue weighted by atomic mass is 35.5. The quantitative estimate of drug-likeness (QED) is 0.837. The van der Waals surface area contributed by atoms with E-state index in [1.165, 1.54) is 0 Å². The van der Waals surface area contributed by atoms with E-state index < -0.39 is 0 Å². The summed E-state index contributed by atoms with van der Waals surface area (Å²) in [6.07, 6.45) is 1.64. The van der Waals surface area contributed by atoms with E-state index in [4.69, 9.17) is 23.1 Å². The second-order valence-electron chi connectivity index (χ2n) is 3.48. The zero-order valence-corrected chi connectivity index (χ0v) is 9.35. The Kier molecular flexibility index (Phi) is 3.08. The molecule has 0 bridgehead atoms. The molecular weight excluding hydrogens is 222 g/mol. The predicted octanol–water partition coefficient (Wildman–Crippen LogP) is 2.37. The fraction of sp³-hybridized carbons (Fsp3) is 0.0833. The van der Waals surface area contributed by atoms with Gasteiger partial charge in [0.2, 0.25) is 0 Å². The first-order valence-electron chi connectivity index (χ1n) is 4.90. The topological polar surface area (TPSA) is 64.9 Å². The molecule has 4 N–H and O–H groups in total. The number of nitrogens with two attached hydrogens (primary N) is 2. The molecule has 1 heterocycles. The van der Waals surface area contributed by atoms with Gasteiger partial charge < -0.3 is 11.5 Å². The first-order chi connectivity index (χ1) is 7.70. The molecule has 82 valence electrons. The van der Waals surface area contributed by atoms with Gasteiger partial charge in [0, 0.05) is 16.8 Å². The summed E-state index contributed by atoms with van der Waals surface area (Å²) >= 11 is 6.08. The second-order valence-corrected chi connectivity index (χ2v) is 3.88. The van der Waals surface area contributed by atoms with Crippen LogP contribution in [-0.4, -0.2) is 4.98 Å². The van der Waals surface area contributed by atoms with Crippen molar-refractivity contribution in [1.82, 2.24) is 4.98 Å². The molecule has 0 fully saturated rings. The van der Waals surface area contributed by atoms with Crippen molar-refractivity contribution in [3.8, 4) is 0 Å². The van der Waals surface area contributed by atoms with Gasteiger partial charge in [-0.2, -0.15) is 0 Å². The molecule has 4 heteroatoms. The van der Waals surface area contributed by atoms with Crippen molar-refractivity contribution in [3.63, 3.8) is 0 Å². The van der Waals surface area contributed by atoms with E-state index in [-0.39, 0.29) is 6.04 Å². The van der Waals surface area contributed by atoms with E-state index in [0.717, 1.165) is 11.1 Å². The minimum absolute atomic E-state index is 0.345. The Morgan fingerprint density at radius 3 is 2.44 bits per heavy atom. The molecule has 0 spiro atoms. The largest absolute Gasteiger partial charge is 0.383 e. The molecule has 0 aliphatic heterocycles. The summed E-state index contributed by atoms with van der Waals surface area (Å²) in [6, 6.07) is 10.8. The number of hydrogen-bond acceptors (Lipinski definition) is 3. The Morgan fingerprint density at radius 1 is 1.06 bits per heavy atom. The Hall–Kier alpha value is -1.58. The molecule has 0 saturated heterocycles. The number of rotatable bonds is 2. The van der Waals surface area contributed by atoms with Crippen LogP contribution in [-0.2, 0) is 0 Å². The van der Waals surface area contributed by atoms with Crippen LogP contribution < -0.4 is 11.5 Å². The van der Waals surface area contributed by atoms with Crippen LogP contribution in [0.1, 0.15) is 17.2 Å². The van der Waals surface area contributed by atoms with Crippen LogP contribution in [0.5, 0.6) is 0 Å². The predicted molar refractivity (Wildman–Crippen MR) is 66.1 cm³/mol. The molecule has 0 saturated carbocycles. The van der Waals surface area contributed by atoms with Gasteiger partial charge >= 0.3 is 0 Å². The van der Waals surface area contributed by atoms with Gasteiger partial charge in [0.05, 0.1) is 6.04 Å². The number of anilines is 1. The van der Waals surface area contributed by atoms with Crippen molar-refractivity contribution in [1.29, 1.82) is 0 Å². The third-order valence-corrected chi connectivity index (χ3v) is 2.79. The summed E-state index contributed by atoms with van der Waals surface area (Å²) in [5.41, 5.74) is 13.5. The van der Waals surface area contributed by atoms with Crippen LogP contribution in [0.4, 0.5) is 5.82 Å². The van der Waals surface area contributed by atoms with E-state index in [2.05, 4.69) is 4.98 Å². The molecule has 3 nitrogen and oxygen atoms in total. The summed E-state index contributed by atoms with van der Waals surface area (Å²) in [7, 11) is 0. The Bertz CT molecular complexity index is 454. The van der Waals surface area contributed by atoms with Gasteiger partial charge in [0.1, 0.15) is 5.82 Å². The standard InChI is InChI=1S/C12H12ClN3/c13-10-6-2-1-4-8(10)11(14)9-5-3-7-16-12(9)15/h1-7,11H,14H2,(H2,15,16). The van der Waals surface area contributed by atoms with Crippen molar-refractivity contribution in [2.75, 3.05) is 5.73 Å². The summed E-state index contributed by atoms with van der Waals surface area (Å²) in [6.45, 7) is 0. The van der Waals surface area contributed by atoms with E-state index in [1.807, 2.05) is 36.4 Å². The van der Waals surface area contributed by atoms with Gasteiger partial charge in [-0.25, -0.2) is 4.98 Å². The van der Waals surface area contributed by atoms with E-state index in [9.17, 15) is 0 Å². The highest BCUT2D eigenvalue weighted by molar-refractivity contribution is 6.31. The monoisotopic (exact) mass is 233 g/mol. The molecule has 1 unspecified atom stereocenters. The Balaban J connectivity index is 2.44. The lowest BCUT2D eigenvalue weighted by molar-refractivity contribution is 0.868. The molecule has 0 aliphatic rings. The van der Waals surface area contributed by atoms with Gasteiger partial charge in [-0.15, -0.1) is 0 Å². The summed E-state index contributed by atoms with van der Waals surface area (Å²) < 4.78 is 0. The summed E-state index contributed by atoms with van der Waals surface area (Å²) in [4.78, 5) is 4.01. The van der Waals surface area contributed by atoms with E-state index in [0.29, 0.717) is 10.8 Å². The first kappa shape index (κ1) is 10.9. The van der Waals surface area contributed by atoms with Crippen molar-refractivity contribution < 1.29 is 0 Å². The SMILES string of the molecule is Nc1ncccc1C(N)c1ccccc1Cl. The maximum Gasteiger partial charge on any atom is 0.128 e. The average Bonchev–Trinajstić information content (AvgIpc) is 2.29. The third-order valence-electron chi connectivity index (χ3n) is 2.45. The van der Waals surface area contributed by atoms with Crippen LogP contribution in [0.25, 0.3) is 0 Å². The molecule has 2 rings (SSSR count). The lowest BCUT2D eigenvalue weighted by atomic mass is 10.0. The third kappa shape index (κ3) is 2.01. The van der Waals surface area contributed by atoms with Crippen molar-refractivity contribution >= 4 is 17.4 Å². The van der Waals surface area contributed by atoms with Crippen molar-refractivity contribution in [2.24, 2.45) is 5.73 Å². The van der Waals surface area contributed by atoms with E-state index >= 15 is 0 Å². The smallest absolute Gasteiger partial charge is 0.128 e. The van der Waals surface area contributed by atoms with Crippen LogP contribution in [0.2, 0.25) is 5.02 Å². The number of halogens is 1. The van der Waals surface area contributed by atoms with Gasteiger partial charge in [0.25, 0.3) is 0 Å². The minimum atomic E-state index is -0.345. The van der Waals surface area contributed by atoms with Gasteiger partial charge in [-0.05, 0) is 17.7 Å². The maximum atomic E-state index is 6.11. The fourth-order valence-corrected chi connectivity index (χ4v) is 1.84. The number of nitrogens with zero attached hydrogens (tertiary/aromatic N) is 1. The normalized spacial score (nSPS) is 12.4. The Morgan fingerprint density at radius 2 is 1.75 bits per heavy atom. The molecular formula is C12H12ClN3. The number of benzene rings is 1. The van der Waals surface area contributed by atoms with Crippen molar-refractivity contribution in [3.05, 3.63) is 58.7 Å². The summed E-state index contributed by atoms with van der Waals surface area (Å²) in [5.74, 6) is 0.440. The highest BCUT2D eigenvalue weighted by Gasteiger charge is 2.14. The van der Waals surface area contributed by atoms with Gasteiger partial charge in [-0.1, -0.05) is 35.9 Å². The number of pyridine rings is 1. The minimum Gasteiger partial charge on any atom is -0.383 e. The average molecular weight is 234 g/mol. The number of hydrogen-bond donors (Lipinski definition) is 2. The van der Waals surface area contributed by atoms with Crippen LogP contribution >= 0.6 is 11.6 Å². The Labute approximate surface area is 99.1 Å². The highest BCUT2D eigenvalue weighted by Crippen LogP contribution is 2.28. The van der Waals surface area contributed by atoms with Crippen LogP contribution in [0, 0.1) is 0 Å². The maximum absolute atomic E-state index is 6.11. The zero-order chi connectivity index (χ0) is 11.5. The number of nitrogen functional groups attached to an aromatic ring is 1. The van der Waals surface area contributed by atoms with Gasteiger partial charge in [0.15, 0.2) is 0 Å². The van der Waals surface area contributed by atoms with Crippen molar-refractivity contribution in [2.45, 2.75) is 6.04 Å². The second kappa shape index (κ2) is 4.51. The molecule has 1 aromatic carbocycles. The first-order valence-corrected chi connectivity index (χ1v) is 5.28. The molecule has 0 aliphatic carbocycles. The summed E-state index contributed by atoms with van der Waals surface area (Å²) in [5, 5.41) is 0.637. The molecule has 1 aromatic heterocycles. The van der Waals surface area contributed by atoms with E-state index in [1.54, 1.807) is 6.20 Å².